The molecule has 0 fully saturated rings. The standard InChI is InChI=1S/C20H21ClN2O4/c1-23(20-22-17-5-3-4-6-18(17)27-20)11-12-26-15-9-7-14(8-10-15)13-16(21)19(24)25-2/h3-10,16H,11-13H2,1-2H3. The second-order valence-corrected chi connectivity index (χ2v) is 6.60. The van der Waals surface area contributed by atoms with E-state index in [9.17, 15) is 4.79 Å². The third-order valence-electron chi connectivity index (χ3n) is 4.10. The lowest BCUT2D eigenvalue weighted by Crippen LogP contribution is -2.24. The number of hydrogen-bond acceptors (Lipinski definition) is 6. The van der Waals surface area contributed by atoms with Crippen molar-refractivity contribution in [2.45, 2.75) is 11.8 Å². The van der Waals surface area contributed by atoms with Crippen molar-refractivity contribution in [3.63, 3.8) is 0 Å². The van der Waals surface area contributed by atoms with Crippen molar-refractivity contribution < 1.29 is 18.7 Å². The summed E-state index contributed by atoms with van der Waals surface area (Å²) < 4.78 is 16.1. The normalized spacial score (nSPS) is 12.0. The number of carbonyl (C=O) groups excluding carboxylic acids is 1. The van der Waals surface area contributed by atoms with Gasteiger partial charge in [0, 0.05) is 7.05 Å². The molecule has 0 radical (unpaired) electrons. The van der Waals surface area contributed by atoms with Crippen LogP contribution in [0.15, 0.2) is 52.9 Å². The van der Waals surface area contributed by atoms with E-state index in [4.69, 9.17) is 20.8 Å². The number of anilines is 1. The summed E-state index contributed by atoms with van der Waals surface area (Å²) in [5.41, 5.74) is 2.54. The first kappa shape index (κ1) is 19.0. The van der Waals surface area contributed by atoms with E-state index in [1.807, 2.05) is 60.5 Å². The Morgan fingerprint density at radius 3 is 2.67 bits per heavy atom. The lowest BCUT2D eigenvalue weighted by molar-refractivity contribution is -0.140. The Kier molecular flexibility index (Phi) is 6.19. The zero-order valence-electron chi connectivity index (χ0n) is 15.2. The molecular formula is C20H21ClN2O4. The number of esters is 1. The van der Waals surface area contributed by atoms with Gasteiger partial charge in [-0.1, -0.05) is 24.3 Å². The van der Waals surface area contributed by atoms with Crippen molar-refractivity contribution in [2.75, 3.05) is 32.2 Å². The fourth-order valence-electron chi connectivity index (χ4n) is 2.56. The van der Waals surface area contributed by atoms with Gasteiger partial charge >= 0.3 is 5.97 Å². The van der Waals surface area contributed by atoms with Crippen LogP contribution in [0.3, 0.4) is 0 Å². The number of aromatic nitrogens is 1. The first-order chi connectivity index (χ1) is 13.1. The molecule has 27 heavy (non-hydrogen) atoms. The number of oxazole rings is 1. The molecule has 0 aliphatic rings. The monoisotopic (exact) mass is 388 g/mol. The van der Waals surface area contributed by atoms with Gasteiger partial charge in [0.2, 0.25) is 0 Å². The highest BCUT2D eigenvalue weighted by Gasteiger charge is 2.16. The van der Waals surface area contributed by atoms with Crippen molar-refractivity contribution in [3.05, 3.63) is 54.1 Å². The molecule has 0 spiro atoms. The number of halogens is 1. The van der Waals surface area contributed by atoms with Gasteiger partial charge in [0.15, 0.2) is 5.58 Å². The summed E-state index contributed by atoms with van der Waals surface area (Å²) in [6, 6.07) is 15.7. The fourth-order valence-corrected chi connectivity index (χ4v) is 2.83. The van der Waals surface area contributed by atoms with Gasteiger partial charge in [-0.15, -0.1) is 11.6 Å². The summed E-state index contributed by atoms with van der Waals surface area (Å²) in [7, 11) is 3.23. The van der Waals surface area contributed by atoms with Gasteiger partial charge in [-0.05, 0) is 36.2 Å². The summed E-state index contributed by atoms with van der Waals surface area (Å²) in [5, 5.41) is -0.688. The molecular weight excluding hydrogens is 368 g/mol. The van der Waals surface area contributed by atoms with Crippen LogP contribution in [0.4, 0.5) is 6.01 Å². The molecule has 6 nitrogen and oxygen atoms in total. The zero-order valence-corrected chi connectivity index (χ0v) is 16.0. The number of fused-ring (bicyclic) bond motifs is 1. The smallest absolute Gasteiger partial charge is 0.324 e. The largest absolute Gasteiger partial charge is 0.492 e. The number of benzene rings is 2. The molecule has 1 unspecified atom stereocenters. The second-order valence-electron chi connectivity index (χ2n) is 6.07. The lowest BCUT2D eigenvalue weighted by atomic mass is 10.1. The van der Waals surface area contributed by atoms with Gasteiger partial charge in [0.05, 0.1) is 13.7 Å². The number of rotatable bonds is 8. The molecule has 3 rings (SSSR count). The topological polar surface area (TPSA) is 64.8 Å². The van der Waals surface area contributed by atoms with Crippen LogP contribution in [0.25, 0.3) is 11.1 Å². The first-order valence-electron chi connectivity index (χ1n) is 8.57. The van der Waals surface area contributed by atoms with Gasteiger partial charge in [-0.25, -0.2) is 0 Å². The Hall–Kier alpha value is -2.73. The molecule has 1 heterocycles. The Labute approximate surface area is 162 Å². The Balaban J connectivity index is 1.49. The summed E-state index contributed by atoms with van der Waals surface area (Å²) in [6.45, 7) is 1.11. The molecule has 0 bridgehead atoms. The van der Waals surface area contributed by atoms with Gasteiger partial charge in [0.25, 0.3) is 6.01 Å². The summed E-state index contributed by atoms with van der Waals surface area (Å²) in [5.74, 6) is 0.313. The average molecular weight is 389 g/mol. The molecule has 1 atom stereocenters. The average Bonchev–Trinajstić information content (AvgIpc) is 3.13. The van der Waals surface area contributed by atoms with E-state index in [2.05, 4.69) is 9.72 Å². The highest BCUT2D eigenvalue weighted by molar-refractivity contribution is 6.30. The summed E-state index contributed by atoms with van der Waals surface area (Å²) in [6.07, 6.45) is 0.412. The minimum absolute atomic E-state index is 0.412. The molecule has 0 aliphatic carbocycles. The third-order valence-corrected chi connectivity index (χ3v) is 4.43. The Morgan fingerprint density at radius 1 is 1.22 bits per heavy atom. The van der Waals surface area contributed by atoms with Crippen LogP contribution in [0.5, 0.6) is 5.75 Å². The predicted octanol–water partition coefficient (Wildman–Crippen LogP) is 3.67. The number of nitrogens with zero attached hydrogens (tertiary/aromatic N) is 2. The van der Waals surface area contributed by atoms with Crippen molar-refractivity contribution in [3.8, 4) is 5.75 Å². The molecule has 3 aromatic rings. The third kappa shape index (κ3) is 4.92. The minimum Gasteiger partial charge on any atom is -0.492 e. The van der Waals surface area contributed by atoms with Crippen LogP contribution >= 0.6 is 11.6 Å². The van der Waals surface area contributed by atoms with E-state index in [-0.39, 0.29) is 0 Å². The highest BCUT2D eigenvalue weighted by atomic mass is 35.5. The van der Waals surface area contributed by atoms with Crippen molar-refractivity contribution in [1.82, 2.24) is 4.98 Å². The molecule has 0 aliphatic heterocycles. The highest BCUT2D eigenvalue weighted by Crippen LogP contribution is 2.21. The van der Waals surface area contributed by atoms with Crippen molar-refractivity contribution in [1.29, 1.82) is 0 Å². The van der Waals surface area contributed by atoms with E-state index in [1.54, 1.807) is 0 Å². The number of likely N-dealkylation sites (N-methyl/N-ethyl adjacent to an activating group) is 1. The van der Waals surface area contributed by atoms with E-state index in [0.29, 0.717) is 25.6 Å². The van der Waals surface area contributed by atoms with E-state index in [1.165, 1.54) is 7.11 Å². The molecule has 2 aromatic carbocycles. The maximum atomic E-state index is 11.4. The molecule has 1 aromatic heterocycles. The maximum absolute atomic E-state index is 11.4. The molecule has 7 heteroatoms. The number of carbonyl (C=O) groups is 1. The van der Waals surface area contributed by atoms with Crippen molar-refractivity contribution >= 4 is 34.7 Å². The molecule has 0 saturated heterocycles. The van der Waals surface area contributed by atoms with Crippen LogP contribution in [0.2, 0.25) is 0 Å². The van der Waals surface area contributed by atoms with Crippen LogP contribution < -0.4 is 9.64 Å². The van der Waals surface area contributed by atoms with Crippen LogP contribution in [0.1, 0.15) is 5.56 Å². The predicted molar refractivity (Wildman–Crippen MR) is 105 cm³/mol. The molecule has 0 saturated carbocycles. The number of alkyl halides is 1. The van der Waals surface area contributed by atoms with Crippen LogP contribution in [0, 0.1) is 0 Å². The van der Waals surface area contributed by atoms with E-state index >= 15 is 0 Å². The van der Waals surface area contributed by atoms with Gasteiger partial charge in [-0.2, -0.15) is 4.98 Å². The second kappa shape index (κ2) is 8.77. The number of hydrogen-bond donors (Lipinski definition) is 0. The number of para-hydroxylation sites is 2. The van der Waals surface area contributed by atoms with E-state index < -0.39 is 11.3 Å². The van der Waals surface area contributed by atoms with Crippen molar-refractivity contribution in [2.24, 2.45) is 0 Å². The van der Waals surface area contributed by atoms with Crippen LogP contribution in [-0.2, 0) is 16.0 Å². The lowest BCUT2D eigenvalue weighted by Gasteiger charge is -2.15. The molecule has 0 amide bonds. The Morgan fingerprint density at radius 2 is 1.96 bits per heavy atom. The van der Waals surface area contributed by atoms with Gasteiger partial charge in [-0.3, -0.25) is 4.79 Å². The first-order valence-corrected chi connectivity index (χ1v) is 9.01. The zero-order chi connectivity index (χ0) is 19.2. The fraction of sp³-hybridized carbons (Fsp3) is 0.300. The maximum Gasteiger partial charge on any atom is 0.324 e. The molecule has 0 N–H and O–H groups in total. The van der Waals surface area contributed by atoms with Crippen LogP contribution in [-0.4, -0.2) is 43.6 Å². The minimum atomic E-state index is -0.688. The number of methoxy groups -OCH3 is 1. The summed E-state index contributed by atoms with van der Waals surface area (Å²) >= 11 is 5.99. The van der Waals surface area contributed by atoms with E-state index in [0.717, 1.165) is 22.4 Å². The molecule has 142 valence electrons. The quantitative estimate of drug-likeness (QED) is 0.433. The Bertz CT molecular complexity index is 861. The number of ether oxygens (including phenoxy) is 2. The SMILES string of the molecule is COC(=O)C(Cl)Cc1ccc(OCCN(C)c2nc3ccccc3o2)cc1. The summed E-state index contributed by atoms with van der Waals surface area (Å²) in [4.78, 5) is 17.7. The van der Waals surface area contributed by atoms with Gasteiger partial charge < -0.3 is 18.8 Å². The van der Waals surface area contributed by atoms with Gasteiger partial charge in [0.1, 0.15) is 23.3 Å².